The summed E-state index contributed by atoms with van der Waals surface area (Å²) >= 11 is 0. The second kappa shape index (κ2) is 14.4. The number of rotatable bonds is 14. The van der Waals surface area contributed by atoms with Gasteiger partial charge in [-0.2, -0.15) is 0 Å². The van der Waals surface area contributed by atoms with Gasteiger partial charge in [-0.15, -0.1) is 0 Å². The van der Waals surface area contributed by atoms with Crippen LogP contribution >= 0.6 is 0 Å². The first-order chi connectivity index (χ1) is 18.2. The van der Waals surface area contributed by atoms with Crippen molar-refractivity contribution in [1.29, 1.82) is 0 Å². The normalized spacial score (nSPS) is 13.8. The van der Waals surface area contributed by atoms with E-state index in [-0.39, 0.29) is 0 Å². The highest BCUT2D eigenvalue weighted by Crippen LogP contribution is 2.23. The van der Waals surface area contributed by atoms with Gasteiger partial charge in [-0.25, -0.2) is 4.98 Å². The molecule has 0 unspecified atom stereocenters. The first-order valence-electron chi connectivity index (χ1n) is 12.7. The molecule has 198 valence electrons. The lowest BCUT2D eigenvalue weighted by atomic mass is 10.1. The van der Waals surface area contributed by atoms with Gasteiger partial charge < -0.3 is 28.6 Å². The molecular weight excluding hydrogens is 470 g/mol. The van der Waals surface area contributed by atoms with Crippen LogP contribution in [-0.2, 0) is 22.6 Å². The van der Waals surface area contributed by atoms with E-state index in [1.165, 1.54) is 0 Å². The lowest BCUT2D eigenvalue weighted by molar-refractivity contribution is 0.0170. The number of pyridine rings is 1. The van der Waals surface area contributed by atoms with Crippen LogP contribution in [0.4, 0.5) is 5.82 Å². The first kappa shape index (κ1) is 26.7. The van der Waals surface area contributed by atoms with Crippen LogP contribution in [0.25, 0.3) is 0 Å². The van der Waals surface area contributed by atoms with E-state index in [1.54, 1.807) is 20.4 Å². The van der Waals surface area contributed by atoms with Crippen LogP contribution in [-0.4, -0.2) is 76.8 Å². The number of methoxy groups -OCH3 is 2. The van der Waals surface area contributed by atoms with Crippen LogP contribution in [0.2, 0.25) is 0 Å². The first-order valence-corrected chi connectivity index (χ1v) is 12.7. The van der Waals surface area contributed by atoms with Crippen molar-refractivity contribution in [2.45, 2.75) is 13.1 Å². The smallest absolute Gasteiger partial charge is 0.137 e. The second-order valence-electron chi connectivity index (χ2n) is 8.83. The minimum absolute atomic E-state index is 0.488. The molecule has 1 saturated heterocycles. The Morgan fingerprint density at radius 3 is 2.08 bits per heavy atom. The minimum atomic E-state index is 0.488. The molecule has 2 heterocycles. The van der Waals surface area contributed by atoms with Crippen molar-refractivity contribution in [1.82, 2.24) is 9.88 Å². The Kier molecular flexibility index (Phi) is 10.4. The van der Waals surface area contributed by atoms with E-state index in [0.29, 0.717) is 32.9 Å². The van der Waals surface area contributed by atoms with Crippen molar-refractivity contribution in [3.05, 3.63) is 78.0 Å². The largest absolute Gasteiger partial charge is 0.497 e. The van der Waals surface area contributed by atoms with Crippen molar-refractivity contribution in [3.8, 4) is 17.2 Å². The Morgan fingerprint density at radius 2 is 1.49 bits per heavy atom. The van der Waals surface area contributed by atoms with Crippen molar-refractivity contribution < 1.29 is 23.7 Å². The fourth-order valence-electron chi connectivity index (χ4n) is 4.18. The zero-order valence-corrected chi connectivity index (χ0v) is 21.8. The lowest BCUT2D eigenvalue weighted by Crippen LogP contribution is -2.38. The Bertz CT molecular complexity index is 1020. The molecule has 0 atom stereocenters. The predicted molar refractivity (Wildman–Crippen MR) is 144 cm³/mol. The number of ether oxygens (including phenoxy) is 5. The summed E-state index contributed by atoms with van der Waals surface area (Å²) in [7, 11) is 3.37. The van der Waals surface area contributed by atoms with Gasteiger partial charge in [0.05, 0.1) is 46.8 Å². The quantitative estimate of drug-likeness (QED) is 0.303. The summed E-state index contributed by atoms with van der Waals surface area (Å²) < 4.78 is 27.8. The zero-order valence-electron chi connectivity index (χ0n) is 21.8. The molecule has 8 heteroatoms. The number of benzene rings is 2. The summed E-state index contributed by atoms with van der Waals surface area (Å²) in [6.07, 6.45) is 1.77. The van der Waals surface area contributed by atoms with E-state index >= 15 is 0 Å². The van der Waals surface area contributed by atoms with Gasteiger partial charge >= 0.3 is 0 Å². The molecule has 1 aliphatic heterocycles. The summed E-state index contributed by atoms with van der Waals surface area (Å²) in [4.78, 5) is 9.29. The maximum Gasteiger partial charge on any atom is 0.137 e. The molecule has 0 amide bonds. The van der Waals surface area contributed by atoms with Gasteiger partial charge in [0.1, 0.15) is 29.7 Å². The van der Waals surface area contributed by atoms with Crippen LogP contribution in [0.3, 0.4) is 0 Å². The van der Waals surface area contributed by atoms with Crippen LogP contribution in [0.1, 0.15) is 11.1 Å². The number of hydrogen-bond donors (Lipinski definition) is 0. The van der Waals surface area contributed by atoms with E-state index < -0.39 is 0 Å². The molecule has 3 aromatic rings. The van der Waals surface area contributed by atoms with E-state index in [0.717, 1.165) is 67.0 Å². The van der Waals surface area contributed by atoms with Crippen LogP contribution in [0.15, 0.2) is 66.9 Å². The van der Waals surface area contributed by atoms with E-state index in [9.17, 15) is 0 Å². The molecule has 1 fully saturated rings. The minimum Gasteiger partial charge on any atom is -0.497 e. The number of anilines is 1. The maximum atomic E-state index is 5.86. The standard InChI is InChI=1S/C29H37N3O5/c1-33-26-7-3-5-24(19-26)22-32(23-25-6-4-8-27(20-25)34-2)29-10-9-28(21-30-29)37-18-17-36-16-13-31-11-14-35-15-12-31/h3-10,19-21H,11-18,22-23H2,1-2H3. The van der Waals surface area contributed by atoms with E-state index in [1.807, 2.05) is 36.4 Å². The highest BCUT2D eigenvalue weighted by Gasteiger charge is 2.12. The van der Waals surface area contributed by atoms with Crippen molar-refractivity contribution in [2.75, 3.05) is 71.8 Å². The third kappa shape index (κ3) is 8.63. The summed E-state index contributed by atoms with van der Waals surface area (Å²) in [6, 6.07) is 20.2. The van der Waals surface area contributed by atoms with Gasteiger partial charge in [0, 0.05) is 32.7 Å². The van der Waals surface area contributed by atoms with Crippen LogP contribution in [0.5, 0.6) is 17.2 Å². The van der Waals surface area contributed by atoms with Gasteiger partial charge in [-0.05, 0) is 47.5 Å². The second-order valence-corrected chi connectivity index (χ2v) is 8.83. The fraction of sp³-hybridized carbons (Fsp3) is 0.414. The molecule has 8 nitrogen and oxygen atoms in total. The monoisotopic (exact) mass is 507 g/mol. The Morgan fingerprint density at radius 1 is 0.811 bits per heavy atom. The molecule has 0 bridgehead atoms. The van der Waals surface area contributed by atoms with Crippen molar-refractivity contribution in [2.24, 2.45) is 0 Å². The van der Waals surface area contributed by atoms with E-state index in [2.05, 4.69) is 34.1 Å². The number of morpholine rings is 1. The molecule has 37 heavy (non-hydrogen) atoms. The summed E-state index contributed by atoms with van der Waals surface area (Å²) in [5, 5.41) is 0. The highest BCUT2D eigenvalue weighted by atomic mass is 16.5. The third-order valence-electron chi connectivity index (χ3n) is 6.21. The molecule has 0 saturated carbocycles. The average Bonchev–Trinajstić information content (AvgIpc) is 2.95. The summed E-state index contributed by atoms with van der Waals surface area (Å²) in [5.41, 5.74) is 2.28. The molecule has 1 aromatic heterocycles. The molecule has 0 aliphatic carbocycles. The zero-order chi connectivity index (χ0) is 25.7. The average molecular weight is 508 g/mol. The van der Waals surface area contributed by atoms with Crippen molar-refractivity contribution >= 4 is 5.82 Å². The molecule has 2 aromatic carbocycles. The predicted octanol–water partition coefficient (Wildman–Crippen LogP) is 4.03. The molecule has 0 N–H and O–H groups in total. The third-order valence-corrected chi connectivity index (χ3v) is 6.21. The van der Waals surface area contributed by atoms with Crippen LogP contribution in [0, 0.1) is 0 Å². The summed E-state index contributed by atoms with van der Waals surface area (Å²) in [6.45, 7) is 7.59. The van der Waals surface area contributed by atoms with Gasteiger partial charge in [0.2, 0.25) is 0 Å². The number of aromatic nitrogens is 1. The van der Waals surface area contributed by atoms with E-state index in [4.69, 9.17) is 28.7 Å². The van der Waals surface area contributed by atoms with Crippen LogP contribution < -0.4 is 19.1 Å². The Hall–Kier alpha value is -3.33. The number of hydrogen-bond acceptors (Lipinski definition) is 8. The van der Waals surface area contributed by atoms with Gasteiger partial charge in [0.25, 0.3) is 0 Å². The van der Waals surface area contributed by atoms with Crippen molar-refractivity contribution in [3.63, 3.8) is 0 Å². The molecule has 0 radical (unpaired) electrons. The SMILES string of the molecule is COc1cccc(CN(Cc2cccc(OC)c2)c2ccc(OCCOCCN3CCOCC3)cn2)c1. The van der Waals surface area contributed by atoms with Gasteiger partial charge in [-0.1, -0.05) is 24.3 Å². The molecular formula is C29H37N3O5. The Labute approximate surface area is 219 Å². The molecule has 4 rings (SSSR count). The van der Waals surface area contributed by atoms with Gasteiger partial charge in [-0.3, -0.25) is 4.90 Å². The Balaban J connectivity index is 1.33. The topological polar surface area (TPSA) is 65.5 Å². The molecule has 0 spiro atoms. The van der Waals surface area contributed by atoms with Gasteiger partial charge in [0.15, 0.2) is 0 Å². The number of nitrogens with zero attached hydrogens (tertiary/aromatic N) is 3. The maximum absolute atomic E-state index is 5.86. The molecule has 1 aliphatic rings. The lowest BCUT2D eigenvalue weighted by Gasteiger charge is -2.26. The summed E-state index contributed by atoms with van der Waals surface area (Å²) in [5.74, 6) is 3.26. The fourth-order valence-corrected chi connectivity index (χ4v) is 4.18. The highest BCUT2D eigenvalue weighted by molar-refractivity contribution is 5.44.